The number of carbonyl (C=O) groups is 1. The summed E-state index contributed by atoms with van der Waals surface area (Å²) in [6.07, 6.45) is 8.28. The van der Waals surface area contributed by atoms with Gasteiger partial charge in [0.1, 0.15) is 11.6 Å². The summed E-state index contributed by atoms with van der Waals surface area (Å²) in [6.45, 7) is 6.32. The summed E-state index contributed by atoms with van der Waals surface area (Å²) in [7, 11) is 3.43. The Bertz CT molecular complexity index is 824. The summed E-state index contributed by atoms with van der Waals surface area (Å²) in [4.78, 5) is 18.9. The monoisotopic (exact) mass is 371 g/mol. The zero-order valence-corrected chi connectivity index (χ0v) is 16.9. The SMILES string of the molecule is COc1c(C)cnc(CN(C)C(=O)Nc2c(C)cnn2C2CCCC2)c1C. The lowest BCUT2D eigenvalue weighted by Gasteiger charge is -2.21. The maximum Gasteiger partial charge on any atom is 0.323 e. The Kier molecular flexibility index (Phi) is 5.68. The summed E-state index contributed by atoms with van der Waals surface area (Å²) in [5, 5.41) is 7.54. The minimum Gasteiger partial charge on any atom is -0.496 e. The average molecular weight is 371 g/mol. The number of nitrogens with one attached hydrogen (secondary N) is 1. The first kappa shape index (κ1) is 19.2. The Labute approximate surface area is 160 Å². The van der Waals surface area contributed by atoms with Crippen LogP contribution in [0.25, 0.3) is 0 Å². The maximum atomic E-state index is 12.8. The van der Waals surface area contributed by atoms with Gasteiger partial charge < -0.3 is 9.64 Å². The van der Waals surface area contributed by atoms with Crippen molar-refractivity contribution in [2.45, 2.75) is 59.0 Å². The van der Waals surface area contributed by atoms with Crippen LogP contribution in [0.4, 0.5) is 10.6 Å². The largest absolute Gasteiger partial charge is 0.496 e. The lowest BCUT2D eigenvalue weighted by Crippen LogP contribution is -2.32. The molecule has 0 radical (unpaired) electrons. The van der Waals surface area contributed by atoms with Gasteiger partial charge in [-0.05, 0) is 33.6 Å². The van der Waals surface area contributed by atoms with Gasteiger partial charge in [-0.15, -0.1) is 0 Å². The zero-order valence-electron chi connectivity index (χ0n) is 16.9. The molecule has 7 nitrogen and oxygen atoms in total. The number of methoxy groups -OCH3 is 1. The highest BCUT2D eigenvalue weighted by atomic mass is 16.5. The minimum atomic E-state index is -0.168. The summed E-state index contributed by atoms with van der Waals surface area (Å²) in [5.74, 6) is 1.62. The molecule has 1 saturated carbocycles. The first-order chi connectivity index (χ1) is 12.9. The zero-order chi connectivity index (χ0) is 19.6. The van der Waals surface area contributed by atoms with Gasteiger partial charge in [-0.2, -0.15) is 5.10 Å². The molecule has 0 unspecified atom stereocenters. The van der Waals surface area contributed by atoms with Crippen molar-refractivity contribution in [2.24, 2.45) is 0 Å². The van der Waals surface area contributed by atoms with E-state index in [9.17, 15) is 4.79 Å². The van der Waals surface area contributed by atoms with E-state index in [-0.39, 0.29) is 6.03 Å². The van der Waals surface area contributed by atoms with Crippen molar-refractivity contribution in [3.63, 3.8) is 0 Å². The van der Waals surface area contributed by atoms with E-state index in [1.54, 1.807) is 25.3 Å². The summed E-state index contributed by atoms with van der Waals surface area (Å²) in [6, 6.07) is 0.211. The molecule has 0 bridgehead atoms. The van der Waals surface area contributed by atoms with E-state index in [2.05, 4.69) is 15.4 Å². The number of pyridine rings is 1. The molecule has 1 fully saturated rings. The quantitative estimate of drug-likeness (QED) is 0.862. The highest BCUT2D eigenvalue weighted by Gasteiger charge is 2.23. The van der Waals surface area contributed by atoms with Crippen LogP contribution in [0.2, 0.25) is 0 Å². The number of ether oxygens (including phenoxy) is 1. The van der Waals surface area contributed by atoms with Crippen LogP contribution in [0.5, 0.6) is 5.75 Å². The van der Waals surface area contributed by atoms with Gasteiger partial charge in [0.25, 0.3) is 0 Å². The topological polar surface area (TPSA) is 72.3 Å². The van der Waals surface area contributed by atoms with Gasteiger partial charge in [0.2, 0.25) is 0 Å². The molecule has 2 aromatic heterocycles. The predicted molar refractivity (Wildman–Crippen MR) is 105 cm³/mol. The van der Waals surface area contributed by atoms with E-state index in [0.717, 1.165) is 46.8 Å². The fourth-order valence-electron chi connectivity index (χ4n) is 3.75. The van der Waals surface area contributed by atoms with Crippen molar-refractivity contribution >= 4 is 11.8 Å². The molecule has 146 valence electrons. The molecule has 1 aliphatic carbocycles. The molecule has 1 aliphatic rings. The Hall–Kier alpha value is -2.57. The Morgan fingerprint density at radius 1 is 1.26 bits per heavy atom. The molecule has 27 heavy (non-hydrogen) atoms. The number of aryl methyl sites for hydroxylation is 2. The summed E-state index contributed by atoms with van der Waals surface area (Å²) >= 11 is 0. The molecular weight excluding hydrogens is 342 g/mol. The molecule has 0 aliphatic heterocycles. The number of amides is 2. The Morgan fingerprint density at radius 3 is 2.63 bits per heavy atom. The molecule has 7 heteroatoms. The number of hydrogen-bond acceptors (Lipinski definition) is 4. The number of rotatable bonds is 5. The number of hydrogen-bond donors (Lipinski definition) is 1. The molecule has 2 aromatic rings. The van der Waals surface area contributed by atoms with Crippen molar-refractivity contribution in [3.05, 3.63) is 34.8 Å². The molecule has 0 atom stereocenters. The van der Waals surface area contributed by atoms with Crippen LogP contribution >= 0.6 is 0 Å². The van der Waals surface area contributed by atoms with Gasteiger partial charge in [0.15, 0.2) is 0 Å². The van der Waals surface area contributed by atoms with Crippen LogP contribution in [-0.4, -0.2) is 39.9 Å². The van der Waals surface area contributed by atoms with Crippen molar-refractivity contribution in [3.8, 4) is 5.75 Å². The second-order valence-corrected chi connectivity index (χ2v) is 7.39. The fraction of sp³-hybridized carbons (Fsp3) is 0.550. The summed E-state index contributed by atoms with van der Waals surface area (Å²) < 4.78 is 7.44. The Morgan fingerprint density at radius 2 is 1.96 bits per heavy atom. The van der Waals surface area contributed by atoms with Gasteiger partial charge in [-0.3, -0.25) is 10.3 Å². The van der Waals surface area contributed by atoms with E-state index < -0.39 is 0 Å². The molecule has 3 rings (SSSR count). The lowest BCUT2D eigenvalue weighted by atomic mass is 10.1. The normalized spacial score (nSPS) is 14.4. The minimum absolute atomic E-state index is 0.168. The van der Waals surface area contributed by atoms with Crippen LogP contribution in [0, 0.1) is 20.8 Å². The number of anilines is 1. The molecule has 0 aromatic carbocycles. The van der Waals surface area contributed by atoms with Crippen LogP contribution in [-0.2, 0) is 6.54 Å². The van der Waals surface area contributed by atoms with Crippen LogP contribution in [0.15, 0.2) is 12.4 Å². The van der Waals surface area contributed by atoms with Gasteiger partial charge in [-0.1, -0.05) is 12.8 Å². The van der Waals surface area contributed by atoms with E-state index in [0.29, 0.717) is 12.6 Å². The fourth-order valence-corrected chi connectivity index (χ4v) is 3.75. The molecule has 2 amide bonds. The third-order valence-corrected chi connectivity index (χ3v) is 5.36. The average Bonchev–Trinajstić information content (AvgIpc) is 3.28. The maximum absolute atomic E-state index is 12.8. The smallest absolute Gasteiger partial charge is 0.323 e. The van der Waals surface area contributed by atoms with E-state index in [1.165, 1.54) is 12.8 Å². The Balaban J connectivity index is 1.73. The lowest BCUT2D eigenvalue weighted by molar-refractivity contribution is 0.219. The van der Waals surface area contributed by atoms with Crippen molar-refractivity contribution in [2.75, 3.05) is 19.5 Å². The van der Waals surface area contributed by atoms with Crippen molar-refractivity contribution in [1.29, 1.82) is 0 Å². The molecule has 1 N–H and O–H groups in total. The van der Waals surface area contributed by atoms with Crippen molar-refractivity contribution < 1.29 is 9.53 Å². The predicted octanol–water partition coefficient (Wildman–Crippen LogP) is 3.99. The van der Waals surface area contributed by atoms with E-state index in [4.69, 9.17) is 4.74 Å². The van der Waals surface area contributed by atoms with E-state index in [1.807, 2.05) is 31.6 Å². The van der Waals surface area contributed by atoms with Crippen LogP contribution < -0.4 is 10.1 Å². The number of nitrogens with zero attached hydrogens (tertiary/aromatic N) is 4. The van der Waals surface area contributed by atoms with Gasteiger partial charge in [-0.25, -0.2) is 9.48 Å². The van der Waals surface area contributed by atoms with Gasteiger partial charge in [0.05, 0.1) is 31.6 Å². The second-order valence-electron chi connectivity index (χ2n) is 7.39. The van der Waals surface area contributed by atoms with E-state index >= 15 is 0 Å². The molecule has 2 heterocycles. The summed E-state index contributed by atoms with van der Waals surface area (Å²) in [5.41, 5.74) is 3.76. The third-order valence-electron chi connectivity index (χ3n) is 5.36. The van der Waals surface area contributed by atoms with Gasteiger partial charge in [0, 0.05) is 29.9 Å². The van der Waals surface area contributed by atoms with Crippen LogP contribution in [0.1, 0.15) is 54.1 Å². The molecule has 0 spiro atoms. The molecular formula is C20H29N5O2. The van der Waals surface area contributed by atoms with Crippen LogP contribution in [0.3, 0.4) is 0 Å². The van der Waals surface area contributed by atoms with Gasteiger partial charge >= 0.3 is 6.03 Å². The highest BCUT2D eigenvalue weighted by Crippen LogP contribution is 2.32. The second kappa shape index (κ2) is 7.98. The standard InChI is InChI=1S/C20H29N5O2/c1-13-10-21-17(15(3)18(13)27-5)12-24(4)20(26)23-19-14(2)11-22-25(19)16-8-6-7-9-16/h10-11,16H,6-9,12H2,1-5H3,(H,23,26). The molecule has 0 saturated heterocycles. The first-order valence-electron chi connectivity index (χ1n) is 9.47. The number of carbonyl (C=O) groups excluding carboxylic acids is 1. The number of aromatic nitrogens is 3. The first-order valence-corrected chi connectivity index (χ1v) is 9.47. The third kappa shape index (κ3) is 3.91. The van der Waals surface area contributed by atoms with Crippen molar-refractivity contribution in [1.82, 2.24) is 19.7 Å². The number of urea groups is 1. The highest BCUT2D eigenvalue weighted by molar-refractivity contribution is 5.89.